The van der Waals surface area contributed by atoms with Gasteiger partial charge in [0, 0.05) is 19.6 Å². The highest BCUT2D eigenvalue weighted by atomic mass is 35.5. The van der Waals surface area contributed by atoms with Gasteiger partial charge in [0.25, 0.3) is 0 Å². The maximum atomic E-state index is 13.0. The van der Waals surface area contributed by atoms with Crippen LogP contribution in [-0.4, -0.2) is 38.9 Å². The Balaban J connectivity index is 0.00000180. The van der Waals surface area contributed by atoms with Crippen molar-refractivity contribution in [2.45, 2.75) is 18.2 Å². The zero-order chi connectivity index (χ0) is 13.2. The fraction of sp³-hybridized carbons (Fsp3) is 0.500. The van der Waals surface area contributed by atoms with E-state index in [1.807, 2.05) is 0 Å². The van der Waals surface area contributed by atoms with E-state index in [-0.39, 0.29) is 17.3 Å². The van der Waals surface area contributed by atoms with E-state index in [4.69, 9.17) is 0 Å². The smallest absolute Gasteiger partial charge is 0.243 e. The largest absolute Gasteiger partial charge is 0.315 e. The van der Waals surface area contributed by atoms with Crippen LogP contribution >= 0.6 is 12.4 Å². The van der Waals surface area contributed by atoms with Crippen LogP contribution in [0.4, 0.5) is 4.39 Å². The minimum atomic E-state index is -3.51. The predicted molar refractivity (Wildman–Crippen MR) is 74.6 cm³/mol. The number of hydrogen-bond acceptors (Lipinski definition) is 3. The number of benzene rings is 1. The SMILES string of the molecule is Cc1cc(F)ccc1S(=O)(=O)N1CCCNCC1.Cl. The van der Waals surface area contributed by atoms with E-state index >= 15 is 0 Å². The molecule has 1 aromatic carbocycles. The van der Waals surface area contributed by atoms with Crippen molar-refractivity contribution >= 4 is 22.4 Å². The highest BCUT2D eigenvalue weighted by Crippen LogP contribution is 2.21. The average Bonchev–Trinajstić information content (AvgIpc) is 2.57. The Morgan fingerprint density at radius 2 is 2.00 bits per heavy atom. The van der Waals surface area contributed by atoms with Crippen LogP contribution in [0.1, 0.15) is 12.0 Å². The first-order valence-corrected chi connectivity index (χ1v) is 7.43. The molecule has 1 aliphatic rings. The highest BCUT2D eigenvalue weighted by molar-refractivity contribution is 7.89. The molecule has 0 amide bonds. The second-order valence-electron chi connectivity index (χ2n) is 4.42. The van der Waals surface area contributed by atoms with Gasteiger partial charge in [0.15, 0.2) is 0 Å². The zero-order valence-electron chi connectivity index (χ0n) is 10.7. The summed E-state index contributed by atoms with van der Waals surface area (Å²) in [5, 5.41) is 3.16. The van der Waals surface area contributed by atoms with Crippen molar-refractivity contribution in [2.75, 3.05) is 26.2 Å². The topological polar surface area (TPSA) is 49.4 Å². The van der Waals surface area contributed by atoms with E-state index in [2.05, 4.69) is 5.32 Å². The van der Waals surface area contributed by atoms with E-state index in [0.29, 0.717) is 25.2 Å². The lowest BCUT2D eigenvalue weighted by Gasteiger charge is -2.20. The van der Waals surface area contributed by atoms with Crippen LogP contribution in [0.3, 0.4) is 0 Å². The van der Waals surface area contributed by atoms with Crippen LogP contribution < -0.4 is 5.32 Å². The van der Waals surface area contributed by atoms with Crippen LogP contribution in [0, 0.1) is 12.7 Å². The monoisotopic (exact) mass is 308 g/mol. The van der Waals surface area contributed by atoms with Crippen LogP contribution in [0.15, 0.2) is 23.1 Å². The first kappa shape index (κ1) is 16.4. The molecule has 4 nitrogen and oxygen atoms in total. The van der Waals surface area contributed by atoms with Gasteiger partial charge >= 0.3 is 0 Å². The van der Waals surface area contributed by atoms with E-state index in [9.17, 15) is 12.8 Å². The van der Waals surface area contributed by atoms with Crippen LogP contribution in [0.5, 0.6) is 0 Å². The third kappa shape index (κ3) is 3.66. The van der Waals surface area contributed by atoms with Gasteiger partial charge < -0.3 is 5.32 Å². The molecule has 0 radical (unpaired) electrons. The third-order valence-electron chi connectivity index (χ3n) is 3.05. The molecule has 19 heavy (non-hydrogen) atoms. The van der Waals surface area contributed by atoms with E-state index < -0.39 is 15.8 Å². The lowest BCUT2D eigenvalue weighted by atomic mass is 10.2. The highest BCUT2D eigenvalue weighted by Gasteiger charge is 2.26. The number of halogens is 2. The van der Waals surface area contributed by atoms with E-state index in [1.165, 1.54) is 22.5 Å². The molecule has 0 spiro atoms. The second-order valence-corrected chi connectivity index (χ2v) is 6.32. The van der Waals surface area contributed by atoms with Crippen molar-refractivity contribution in [1.29, 1.82) is 0 Å². The van der Waals surface area contributed by atoms with Crippen LogP contribution in [0.2, 0.25) is 0 Å². The molecule has 1 heterocycles. The van der Waals surface area contributed by atoms with Crippen molar-refractivity contribution in [3.05, 3.63) is 29.6 Å². The molecule has 0 aromatic heterocycles. The maximum absolute atomic E-state index is 13.0. The fourth-order valence-corrected chi connectivity index (χ4v) is 3.79. The number of aryl methyl sites for hydroxylation is 1. The normalized spacial score (nSPS) is 17.6. The average molecular weight is 309 g/mol. The minimum Gasteiger partial charge on any atom is -0.315 e. The summed E-state index contributed by atoms with van der Waals surface area (Å²) in [5.41, 5.74) is 0.451. The van der Waals surface area contributed by atoms with Gasteiger partial charge in [-0.15, -0.1) is 12.4 Å². The minimum absolute atomic E-state index is 0. The van der Waals surface area contributed by atoms with Gasteiger partial charge in [-0.3, -0.25) is 0 Å². The molecule has 1 N–H and O–H groups in total. The third-order valence-corrected chi connectivity index (χ3v) is 5.11. The van der Waals surface area contributed by atoms with Crippen molar-refractivity contribution < 1.29 is 12.8 Å². The Morgan fingerprint density at radius 3 is 2.68 bits per heavy atom. The molecule has 0 atom stereocenters. The van der Waals surface area contributed by atoms with Gasteiger partial charge in [-0.25, -0.2) is 12.8 Å². The van der Waals surface area contributed by atoms with Crippen molar-refractivity contribution in [3.8, 4) is 0 Å². The molecule has 1 aromatic rings. The molecular weight excluding hydrogens is 291 g/mol. The summed E-state index contributed by atoms with van der Waals surface area (Å²) >= 11 is 0. The quantitative estimate of drug-likeness (QED) is 0.901. The summed E-state index contributed by atoms with van der Waals surface area (Å²) in [7, 11) is -3.51. The number of hydrogen-bond donors (Lipinski definition) is 1. The number of nitrogens with one attached hydrogen (secondary N) is 1. The van der Waals surface area contributed by atoms with Gasteiger partial charge in [0.2, 0.25) is 10.0 Å². The second kappa shape index (κ2) is 6.65. The molecule has 1 saturated heterocycles. The predicted octanol–water partition coefficient (Wildman–Crippen LogP) is 1.54. The number of sulfonamides is 1. The standard InChI is InChI=1S/C12H17FN2O2S.ClH/c1-10-9-11(13)3-4-12(10)18(16,17)15-7-2-5-14-6-8-15;/h3-4,9,14H,2,5-8H2,1H3;1H. The Bertz CT molecular complexity index is 529. The Morgan fingerprint density at radius 1 is 1.26 bits per heavy atom. The lowest BCUT2D eigenvalue weighted by molar-refractivity contribution is 0.431. The van der Waals surface area contributed by atoms with Crippen molar-refractivity contribution in [1.82, 2.24) is 9.62 Å². The summed E-state index contributed by atoms with van der Waals surface area (Å²) in [5.74, 6) is -0.413. The van der Waals surface area contributed by atoms with Crippen LogP contribution in [0.25, 0.3) is 0 Å². The molecule has 108 valence electrons. The summed E-state index contributed by atoms with van der Waals surface area (Å²) in [6, 6.07) is 3.79. The van der Waals surface area contributed by atoms with Crippen LogP contribution in [-0.2, 0) is 10.0 Å². The molecule has 2 rings (SSSR count). The molecule has 0 bridgehead atoms. The Kier molecular flexibility index (Phi) is 5.73. The van der Waals surface area contributed by atoms with E-state index in [1.54, 1.807) is 6.92 Å². The van der Waals surface area contributed by atoms with Crippen molar-refractivity contribution in [2.24, 2.45) is 0 Å². The maximum Gasteiger partial charge on any atom is 0.243 e. The fourth-order valence-electron chi connectivity index (χ4n) is 2.10. The van der Waals surface area contributed by atoms with Gasteiger partial charge in [0.05, 0.1) is 4.90 Å². The summed E-state index contributed by atoms with van der Waals surface area (Å²) in [4.78, 5) is 0.200. The Hall–Kier alpha value is -0.690. The lowest BCUT2D eigenvalue weighted by Crippen LogP contribution is -2.34. The number of nitrogens with zero attached hydrogens (tertiary/aromatic N) is 1. The first-order chi connectivity index (χ1) is 8.51. The number of rotatable bonds is 2. The molecule has 0 aliphatic carbocycles. The molecular formula is C12H18ClFN2O2S. The molecule has 1 aliphatic heterocycles. The summed E-state index contributed by atoms with van der Waals surface area (Å²) in [6.45, 7) is 4.06. The Labute approximate surface area is 119 Å². The zero-order valence-corrected chi connectivity index (χ0v) is 12.4. The first-order valence-electron chi connectivity index (χ1n) is 5.99. The van der Waals surface area contributed by atoms with Crippen molar-refractivity contribution in [3.63, 3.8) is 0 Å². The summed E-state index contributed by atoms with van der Waals surface area (Å²) in [6.07, 6.45) is 0.791. The van der Waals surface area contributed by atoms with Gasteiger partial charge in [-0.2, -0.15) is 4.31 Å². The van der Waals surface area contributed by atoms with Gasteiger partial charge in [0.1, 0.15) is 5.82 Å². The summed E-state index contributed by atoms with van der Waals surface area (Å²) < 4.78 is 39.4. The van der Waals surface area contributed by atoms with Gasteiger partial charge in [-0.05, 0) is 43.7 Å². The van der Waals surface area contributed by atoms with Gasteiger partial charge in [-0.1, -0.05) is 0 Å². The molecule has 1 fully saturated rings. The molecule has 7 heteroatoms. The molecule has 0 unspecified atom stereocenters. The molecule has 0 saturated carbocycles. The van der Waals surface area contributed by atoms with E-state index in [0.717, 1.165) is 13.0 Å².